The Bertz CT molecular complexity index is 399. The smallest absolute Gasteiger partial charge is 0.250 e. The van der Waals surface area contributed by atoms with Crippen molar-refractivity contribution < 1.29 is 9.13 Å². The quantitative estimate of drug-likeness (QED) is 0.797. The van der Waals surface area contributed by atoms with Crippen LogP contribution in [0.15, 0.2) is 12.3 Å². The highest BCUT2D eigenvalue weighted by Crippen LogP contribution is 2.32. The van der Waals surface area contributed by atoms with E-state index in [1.54, 1.807) is 0 Å². The van der Waals surface area contributed by atoms with Gasteiger partial charge in [0, 0.05) is 6.20 Å². The van der Waals surface area contributed by atoms with Crippen LogP contribution < -0.4 is 4.74 Å². The van der Waals surface area contributed by atoms with Gasteiger partial charge in [-0.2, -0.15) is 0 Å². The fourth-order valence-electron chi connectivity index (χ4n) is 2.25. The number of hydrogen-bond donors (Lipinski definition) is 0. The Morgan fingerprint density at radius 2 is 2.12 bits per heavy atom. The van der Waals surface area contributed by atoms with Crippen LogP contribution in [0.3, 0.4) is 0 Å². The molecule has 0 amide bonds. The lowest BCUT2D eigenvalue weighted by atomic mass is 9.80. The molecule has 1 heterocycles. The van der Waals surface area contributed by atoms with Crippen molar-refractivity contribution in [2.45, 2.75) is 39.2 Å². The minimum Gasteiger partial charge on any atom is -0.472 e. The average molecular weight is 258 g/mol. The summed E-state index contributed by atoms with van der Waals surface area (Å²) in [6.45, 7) is 4.47. The number of rotatable bonds is 2. The second kappa shape index (κ2) is 5.21. The minimum atomic E-state index is -0.483. The van der Waals surface area contributed by atoms with Gasteiger partial charge in [0.2, 0.25) is 0 Å². The topological polar surface area (TPSA) is 22.1 Å². The molecule has 1 saturated carbocycles. The Kier molecular flexibility index (Phi) is 3.87. The molecular formula is C13H17ClFNO. The maximum atomic E-state index is 13.5. The predicted octanol–water partition coefficient (Wildman–Crippen LogP) is 4.08. The van der Waals surface area contributed by atoms with E-state index in [0.29, 0.717) is 10.9 Å². The first kappa shape index (κ1) is 12.6. The SMILES string of the molecule is CC1CCC(Oc2ncc(Cl)cc2F)CC1C. The Balaban J connectivity index is 2.01. The van der Waals surface area contributed by atoms with Crippen LogP contribution in [0.2, 0.25) is 5.02 Å². The van der Waals surface area contributed by atoms with Crippen molar-refractivity contribution >= 4 is 11.6 Å². The van der Waals surface area contributed by atoms with Crippen LogP contribution in [0.4, 0.5) is 4.39 Å². The molecule has 4 heteroatoms. The molecule has 0 spiro atoms. The Morgan fingerprint density at radius 3 is 2.76 bits per heavy atom. The number of pyridine rings is 1. The number of aromatic nitrogens is 1. The molecule has 3 atom stereocenters. The van der Waals surface area contributed by atoms with Gasteiger partial charge in [0.1, 0.15) is 6.10 Å². The van der Waals surface area contributed by atoms with Gasteiger partial charge in [-0.3, -0.25) is 0 Å². The molecule has 0 radical (unpaired) electrons. The van der Waals surface area contributed by atoms with E-state index in [1.165, 1.54) is 12.3 Å². The first-order chi connectivity index (χ1) is 8.06. The van der Waals surface area contributed by atoms with Gasteiger partial charge < -0.3 is 4.74 Å². The van der Waals surface area contributed by atoms with E-state index in [4.69, 9.17) is 16.3 Å². The zero-order valence-corrected chi connectivity index (χ0v) is 10.9. The normalized spacial score (nSPS) is 29.1. The molecule has 1 aromatic heterocycles. The fourth-order valence-corrected chi connectivity index (χ4v) is 2.40. The van der Waals surface area contributed by atoms with Crippen molar-refractivity contribution in [3.8, 4) is 5.88 Å². The summed E-state index contributed by atoms with van der Waals surface area (Å²) in [6, 6.07) is 1.23. The van der Waals surface area contributed by atoms with Gasteiger partial charge in [0.15, 0.2) is 5.82 Å². The molecule has 17 heavy (non-hydrogen) atoms. The van der Waals surface area contributed by atoms with Gasteiger partial charge >= 0.3 is 0 Å². The molecule has 2 nitrogen and oxygen atoms in total. The number of hydrogen-bond acceptors (Lipinski definition) is 2. The van der Waals surface area contributed by atoms with Crippen molar-refractivity contribution in [3.05, 3.63) is 23.1 Å². The van der Waals surface area contributed by atoms with Gasteiger partial charge in [-0.15, -0.1) is 0 Å². The van der Waals surface area contributed by atoms with Gasteiger partial charge in [-0.25, -0.2) is 9.37 Å². The maximum absolute atomic E-state index is 13.5. The summed E-state index contributed by atoms with van der Waals surface area (Å²) in [5, 5.41) is 0.292. The van der Waals surface area contributed by atoms with Crippen molar-refractivity contribution in [1.29, 1.82) is 0 Å². The first-order valence-corrected chi connectivity index (χ1v) is 6.41. The average Bonchev–Trinajstić information content (AvgIpc) is 2.27. The molecule has 3 unspecified atom stereocenters. The lowest BCUT2D eigenvalue weighted by molar-refractivity contribution is 0.0923. The minimum absolute atomic E-state index is 0.0705. The van der Waals surface area contributed by atoms with Crippen LogP contribution in [-0.2, 0) is 0 Å². The molecule has 0 aliphatic heterocycles. The van der Waals surface area contributed by atoms with E-state index in [-0.39, 0.29) is 12.0 Å². The highest BCUT2D eigenvalue weighted by Gasteiger charge is 2.26. The highest BCUT2D eigenvalue weighted by atomic mass is 35.5. The van der Waals surface area contributed by atoms with E-state index < -0.39 is 5.82 Å². The Morgan fingerprint density at radius 1 is 1.35 bits per heavy atom. The Hall–Kier alpha value is -0.830. The summed E-state index contributed by atoms with van der Waals surface area (Å²) in [7, 11) is 0. The molecule has 0 saturated heterocycles. The molecule has 0 aromatic carbocycles. The molecule has 1 aromatic rings. The van der Waals surface area contributed by atoms with Crippen LogP contribution in [0.1, 0.15) is 33.1 Å². The third-order valence-corrected chi connectivity index (χ3v) is 3.81. The van der Waals surface area contributed by atoms with Gasteiger partial charge in [-0.1, -0.05) is 25.4 Å². The van der Waals surface area contributed by atoms with E-state index in [0.717, 1.165) is 25.2 Å². The molecule has 0 bridgehead atoms. The van der Waals surface area contributed by atoms with Gasteiger partial charge in [-0.05, 0) is 37.2 Å². The van der Waals surface area contributed by atoms with E-state index in [1.807, 2.05) is 0 Å². The fraction of sp³-hybridized carbons (Fsp3) is 0.615. The van der Waals surface area contributed by atoms with Gasteiger partial charge in [0.05, 0.1) is 5.02 Å². The summed E-state index contributed by atoms with van der Waals surface area (Å²) in [6.07, 6.45) is 4.54. The number of nitrogens with zero attached hydrogens (tertiary/aromatic N) is 1. The van der Waals surface area contributed by atoms with Crippen molar-refractivity contribution in [2.75, 3.05) is 0 Å². The third kappa shape index (κ3) is 3.09. The Labute approximate surface area is 106 Å². The molecule has 0 N–H and O–H groups in total. The largest absolute Gasteiger partial charge is 0.472 e. The first-order valence-electron chi connectivity index (χ1n) is 6.04. The summed E-state index contributed by atoms with van der Waals surface area (Å²) >= 11 is 5.64. The van der Waals surface area contributed by atoms with Crippen LogP contribution in [-0.4, -0.2) is 11.1 Å². The summed E-state index contributed by atoms with van der Waals surface area (Å²) < 4.78 is 19.1. The van der Waals surface area contributed by atoms with Gasteiger partial charge in [0.25, 0.3) is 5.88 Å². The van der Waals surface area contributed by atoms with E-state index in [2.05, 4.69) is 18.8 Å². The summed E-state index contributed by atoms with van der Waals surface area (Å²) in [5.74, 6) is 0.923. The lowest BCUT2D eigenvalue weighted by Crippen LogP contribution is -2.29. The van der Waals surface area contributed by atoms with Crippen LogP contribution in [0, 0.1) is 17.7 Å². The summed E-state index contributed by atoms with van der Waals surface area (Å²) in [4.78, 5) is 3.89. The van der Waals surface area contributed by atoms with E-state index in [9.17, 15) is 4.39 Å². The second-order valence-corrected chi connectivity index (χ2v) is 5.38. The molecule has 1 aliphatic rings. The molecule has 1 fully saturated rings. The number of halogens is 2. The van der Waals surface area contributed by atoms with Crippen LogP contribution in [0.5, 0.6) is 5.88 Å². The van der Waals surface area contributed by atoms with Crippen molar-refractivity contribution in [3.63, 3.8) is 0 Å². The van der Waals surface area contributed by atoms with Crippen molar-refractivity contribution in [1.82, 2.24) is 4.98 Å². The third-order valence-electron chi connectivity index (χ3n) is 3.60. The zero-order chi connectivity index (χ0) is 12.4. The zero-order valence-electron chi connectivity index (χ0n) is 10.1. The molecule has 2 rings (SSSR count). The predicted molar refractivity (Wildman–Crippen MR) is 65.8 cm³/mol. The standard InChI is InChI=1S/C13H17ClFNO/c1-8-3-4-11(5-9(8)2)17-13-12(15)6-10(14)7-16-13/h6-9,11H,3-5H2,1-2H3. The number of ether oxygens (including phenoxy) is 1. The monoisotopic (exact) mass is 257 g/mol. The van der Waals surface area contributed by atoms with E-state index >= 15 is 0 Å². The molecule has 94 valence electrons. The lowest BCUT2D eigenvalue weighted by Gasteiger charge is -2.31. The highest BCUT2D eigenvalue weighted by molar-refractivity contribution is 6.30. The molecular weight excluding hydrogens is 241 g/mol. The van der Waals surface area contributed by atoms with Crippen LogP contribution >= 0.6 is 11.6 Å². The molecule has 1 aliphatic carbocycles. The van der Waals surface area contributed by atoms with Crippen LogP contribution in [0.25, 0.3) is 0 Å². The van der Waals surface area contributed by atoms with Crippen molar-refractivity contribution in [2.24, 2.45) is 11.8 Å². The second-order valence-electron chi connectivity index (χ2n) is 4.95. The summed E-state index contributed by atoms with van der Waals surface area (Å²) in [5.41, 5.74) is 0. The maximum Gasteiger partial charge on any atom is 0.250 e.